The average molecular weight is 341 g/mol. The molecule has 1 amide bonds. The first-order chi connectivity index (χ1) is 11.4. The molecule has 0 fully saturated rings. The van der Waals surface area contributed by atoms with E-state index in [1.165, 1.54) is 12.1 Å². The molecule has 0 saturated carbocycles. The predicted octanol–water partition coefficient (Wildman–Crippen LogP) is 3.65. The van der Waals surface area contributed by atoms with Crippen molar-refractivity contribution in [3.05, 3.63) is 71.8 Å². The molecule has 122 valence electrons. The van der Waals surface area contributed by atoms with Crippen LogP contribution in [0.5, 0.6) is 0 Å². The van der Waals surface area contributed by atoms with Crippen molar-refractivity contribution < 1.29 is 17.8 Å². The zero-order chi connectivity index (χ0) is 17.3. The van der Waals surface area contributed by atoms with Gasteiger partial charge in [0.25, 0.3) is 16.0 Å². The van der Waals surface area contributed by atoms with Crippen molar-refractivity contribution in [2.24, 2.45) is 0 Å². The van der Waals surface area contributed by atoms with Crippen molar-refractivity contribution in [1.82, 2.24) is 0 Å². The van der Waals surface area contributed by atoms with Crippen LogP contribution < -0.4 is 5.32 Å². The molecule has 24 heavy (non-hydrogen) atoms. The molecule has 6 heteroatoms. The smallest absolute Gasteiger partial charge is 0.295 e. The van der Waals surface area contributed by atoms with E-state index in [4.69, 9.17) is 0 Å². The Bertz CT molecular complexity index is 1020. The highest BCUT2D eigenvalue weighted by Gasteiger charge is 2.16. The first-order valence-corrected chi connectivity index (χ1v) is 8.67. The third kappa shape index (κ3) is 3.15. The van der Waals surface area contributed by atoms with Gasteiger partial charge >= 0.3 is 0 Å². The number of fused-ring (bicyclic) bond motifs is 1. The standard InChI is InChI=1S/C18H15NO4S/c1-12-6-8-13(9-7-12)18(20)19-16-10-11-17(24(21,22)23)15-5-3-2-4-14(15)16/h2-11H,1H3,(H,19,20)(H,21,22,23). The van der Waals surface area contributed by atoms with E-state index in [-0.39, 0.29) is 10.8 Å². The summed E-state index contributed by atoms with van der Waals surface area (Å²) >= 11 is 0. The summed E-state index contributed by atoms with van der Waals surface area (Å²) in [5.41, 5.74) is 2.03. The Morgan fingerprint density at radius 2 is 1.54 bits per heavy atom. The fourth-order valence-corrected chi connectivity index (χ4v) is 3.20. The number of benzene rings is 3. The van der Waals surface area contributed by atoms with Gasteiger partial charge in [-0.3, -0.25) is 9.35 Å². The van der Waals surface area contributed by atoms with Crippen LogP contribution in [0.15, 0.2) is 65.6 Å². The minimum atomic E-state index is -4.34. The lowest BCUT2D eigenvalue weighted by Crippen LogP contribution is -2.12. The summed E-state index contributed by atoms with van der Waals surface area (Å²) in [6.07, 6.45) is 0. The first-order valence-electron chi connectivity index (χ1n) is 7.23. The van der Waals surface area contributed by atoms with Crippen LogP contribution in [0.4, 0.5) is 5.69 Å². The fourth-order valence-electron chi connectivity index (χ4n) is 2.50. The number of carbonyl (C=O) groups is 1. The van der Waals surface area contributed by atoms with Gasteiger partial charge in [0.1, 0.15) is 4.90 Å². The maximum Gasteiger partial charge on any atom is 0.295 e. The van der Waals surface area contributed by atoms with Crippen LogP contribution in [0.1, 0.15) is 15.9 Å². The summed E-state index contributed by atoms with van der Waals surface area (Å²) in [5, 5.41) is 3.67. The Morgan fingerprint density at radius 1 is 0.917 bits per heavy atom. The molecule has 0 atom stereocenters. The Hall–Kier alpha value is -2.70. The molecule has 0 heterocycles. The summed E-state index contributed by atoms with van der Waals surface area (Å²) in [6.45, 7) is 1.93. The van der Waals surface area contributed by atoms with Crippen LogP contribution in [0, 0.1) is 6.92 Å². The van der Waals surface area contributed by atoms with E-state index in [1.54, 1.807) is 36.4 Å². The fraction of sp³-hybridized carbons (Fsp3) is 0.0556. The summed E-state index contributed by atoms with van der Waals surface area (Å²) in [6, 6.07) is 16.6. The van der Waals surface area contributed by atoms with E-state index < -0.39 is 10.1 Å². The third-order valence-electron chi connectivity index (χ3n) is 3.72. The monoisotopic (exact) mass is 341 g/mol. The van der Waals surface area contributed by atoms with Gasteiger partial charge in [-0.2, -0.15) is 8.42 Å². The highest BCUT2D eigenvalue weighted by Crippen LogP contribution is 2.29. The number of hydrogen-bond acceptors (Lipinski definition) is 3. The molecule has 3 aromatic rings. The molecule has 0 aliphatic rings. The normalized spacial score (nSPS) is 11.4. The first kappa shape index (κ1) is 16.2. The molecular weight excluding hydrogens is 326 g/mol. The van der Waals surface area contributed by atoms with Crippen molar-refractivity contribution in [3.8, 4) is 0 Å². The number of rotatable bonds is 3. The Kier molecular flexibility index (Phi) is 4.09. The number of hydrogen-bond donors (Lipinski definition) is 2. The van der Waals surface area contributed by atoms with E-state index in [9.17, 15) is 17.8 Å². The lowest BCUT2D eigenvalue weighted by molar-refractivity contribution is 0.102. The van der Waals surface area contributed by atoms with Crippen molar-refractivity contribution in [3.63, 3.8) is 0 Å². The molecule has 3 aromatic carbocycles. The average Bonchev–Trinajstić information content (AvgIpc) is 2.54. The minimum Gasteiger partial charge on any atom is -0.321 e. The molecular formula is C18H15NO4S. The van der Waals surface area contributed by atoms with Crippen LogP contribution in [0.3, 0.4) is 0 Å². The molecule has 0 unspecified atom stereocenters. The largest absolute Gasteiger partial charge is 0.321 e. The molecule has 5 nitrogen and oxygen atoms in total. The van der Waals surface area contributed by atoms with Crippen LogP contribution in [-0.4, -0.2) is 18.9 Å². The molecule has 0 spiro atoms. The number of anilines is 1. The van der Waals surface area contributed by atoms with Gasteiger partial charge in [0, 0.05) is 22.0 Å². The molecule has 0 aromatic heterocycles. The van der Waals surface area contributed by atoms with E-state index in [1.807, 2.05) is 19.1 Å². The zero-order valence-electron chi connectivity index (χ0n) is 12.9. The van der Waals surface area contributed by atoms with Gasteiger partial charge in [-0.05, 0) is 31.2 Å². The molecule has 2 N–H and O–H groups in total. The molecule has 0 bridgehead atoms. The minimum absolute atomic E-state index is 0.188. The van der Waals surface area contributed by atoms with Crippen LogP contribution >= 0.6 is 0 Å². The Balaban J connectivity index is 2.05. The summed E-state index contributed by atoms with van der Waals surface area (Å²) in [7, 11) is -4.34. The zero-order valence-corrected chi connectivity index (χ0v) is 13.7. The van der Waals surface area contributed by atoms with Gasteiger partial charge < -0.3 is 5.32 Å². The van der Waals surface area contributed by atoms with Crippen LogP contribution in [0.2, 0.25) is 0 Å². The quantitative estimate of drug-likeness (QED) is 0.712. The summed E-state index contributed by atoms with van der Waals surface area (Å²) in [5.74, 6) is -0.292. The summed E-state index contributed by atoms with van der Waals surface area (Å²) in [4.78, 5) is 12.2. The molecule has 0 radical (unpaired) electrons. The molecule has 0 saturated heterocycles. The Labute approximate surface area is 139 Å². The lowest BCUT2D eigenvalue weighted by Gasteiger charge is -2.11. The van der Waals surface area contributed by atoms with Crippen molar-refractivity contribution in [2.45, 2.75) is 11.8 Å². The number of amides is 1. The van der Waals surface area contributed by atoms with E-state index in [0.29, 0.717) is 22.0 Å². The van der Waals surface area contributed by atoms with E-state index in [0.717, 1.165) is 5.56 Å². The summed E-state index contributed by atoms with van der Waals surface area (Å²) < 4.78 is 32.4. The van der Waals surface area contributed by atoms with Crippen LogP contribution in [0.25, 0.3) is 10.8 Å². The highest BCUT2D eigenvalue weighted by molar-refractivity contribution is 7.86. The second-order valence-electron chi connectivity index (χ2n) is 5.45. The second-order valence-corrected chi connectivity index (χ2v) is 6.84. The van der Waals surface area contributed by atoms with Crippen molar-refractivity contribution in [1.29, 1.82) is 0 Å². The van der Waals surface area contributed by atoms with Crippen molar-refractivity contribution >= 4 is 32.5 Å². The maximum atomic E-state index is 12.4. The van der Waals surface area contributed by atoms with Gasteiger partial charge in [0.2, 0.25) is 0 Å². The van der Waals surface area contributed by atoms with E-state index >= 15 is 0 Å². The number of nitrogens with one attached hydrogen (secondary N) is 1. The van der Waals surface area contributed by atoms with Gasteiger partial charge in [-0.25, -0.2) is 0 Å². The van der Waals surface area contributed by atoms with Gasteiger partial charge in [0.05, 0.1) is 0 Å². The molecule has 0 aliphatic carbocycles. The molecule has 0 aliphatic heterocycles. The van der Waals surface area contributed by atoms with Gasteiger partial charge in [-0.1, -0.05) is 42.0 Å². The SMILES string of the molecule is Cc1ccc(C(=O)Nc2ccc(S(=O)(=O)O)c3ccccc23)cc1. The third-order valence-corrected chi connectivity index (χ3v) is 4.64. The Morgan fingerprint density at radius 3 is 2.17 bits per heavy atom. The van der Waals surface area contributed by atoms with Gasteiger partial charge in [-0.15, -0.1) is 0 Å². The maximum absolute atomic E-state index is 12.4. The second kappa shape index (κ2) is 6.07. The number of aryl methyl sites for hydroxylation is 1. The predicted molar refractivity (Wildman–Crippen MR) is 92.9 cm³/mol. The van der Waals surface area contributed by atoms with Crippen LogP contribution in [-0.2, 0) is 10.1 Å². The van der Waals surface area contributed by atoms with Gasteiger partial charge in [0.15, 0.2) is 0 Å². The van der Waals surface area contributed by atoms with E-state index in [2.05, 4.69) is 5.32 Å². The van der Waals surface area contributed by atoms with Crippen molar-refractivity contribution in [2.75, 3.05) is 5.32 Å². The molecule has 3 rings (SSSR count). The number of carbonyl (C=O) groups excluding carboxylic acids is 1. The lowest BCUT2D eigenvalue weighted by atomic mass is 10.1. The highest BCUT2D eigenvalue weighted by atomic mass is 32.2. The topological polar surface area (TPSA) is 83.5 Å².